The topological polar surface area (TPSA) is 86.8 Å². The molecule has 2 amide bonds. The molecule has 192 valence electrons. The minimum Gasteiger partial charge on any atom is -0.352 e. The van der Waals surface area contributed by atoms with Gasteiger partial charge in [0.15, 0.2) is 0 Å². The SMILES string of the molecule is CC(C)NC(=O)C(C)N(Cc1ccc(Br)cc1)C(=O)CN(c1cccc(C(F)(F)F)c1)S(C)(=O)=O. The average Bonchev–Trinajstić information content (AvgIpc) is 2.74. The van der Waals surface area contributed by atoms with E-state index >= 15 is 0 Å². The number of carbonyl (C=O) groups is 2. The summed E-state index contributed by atoms with van der Waals surface area (Å²) < 4.78 is 66.0. The molecule has 7 nitrogen and oxygen atoms in total. The summed E-state index contributed by atoms with van der Waals surface area (Å²) in [5.41, 5.74) is -0.679. The number of hydrogen-bond donors (Lipinski definition) is 1. The van der Waals surface area contributed by atoms with E-state index in [9.17, 15) is 31.2 Å². The zero-order chi connectivity index (χ0) is 26.6. The number of halogens is 4. The Hall–Kier alpha value is -2.60. The third kappa shape index (κ3) is 8.24. The summed E-state index contributed by atoms with van der Waals surface area (Å²) >= 11 is 3.32. The van der Waals surface area contributed by atoms with Crippen molar-refractivity contribution in [2.24, 2.45) is 0 Å². The zero-order valence-electron chi connectivity index (χ0n) is 19.6. The molecule has 0 aliphatic carbocycles. The van der Waals surface area contributed by atoms with Gasteiger partial charge in [-0.15, -0.1) is 0 Å². The van der Waals surface area contributed by atoms with Crippen molar-refractivity contribution in [3.8, 4) is 0 Å². The first kappa shape index (κ1) is 28.6. The van der Waals surface area contributed by atoms with Crippen molar-refractivity contribution in [2.45, 2.75) is 45.6 Å². The molecule has 35 heavy (non-hydrogen) atoms. The first-order chi connectivity index (χ1) is 16.1. The number of hydrogen-bond acceptors (Lipinski definition) is 4. The largest absolute Gasteiger partial charge is 0.416 e. The van der Waals surface area contributed by atoms with Crippen molar-refractivity contribution in [3.05, 3.63) is 64.1 Å². The fourth-order valence-electron chi connectivity index (χ4n) is 3.23. The van der Waals surface area contributed by atoms with E-state index in [1.807, 2.05) is 0 Å². The van der Waals surface area contributed by atoms with Crippen molar-refractivity contribution in [1.29, 1.82) is 0 Å². The highest BCUT2D eigenvalue weighted by Crippen LogP contribution is 2.32. The van der Waals surface area contributed by atoms with Crippen LogP contribution in [0.3, 0.4) is 0 Å². The highest BCUT2D eigenvalue weighted by Gasteiger charge is 2.33. The van der Waals surface area contributed by atoms with Crippen LogP contribution in [0.1, 0.15) is 31.9 Å². The maximum absolute atomic E-state index is 13.4. The minimum atomic E-state index is -4.69. The van der Waals surface area contributed by atoms with Crippen LogP contribution in [0, 0.1) is 0 Å². The molecule has 0 aromatic heterocycles. The van der Waals surface area contributed by atoms with Gasteiger partial charge in [-0.1, -0.05) is 34.1 Å². The number of nitrogens with zero attached hydrogens (tertiary/aromatic N) is 2. The Bertz CT molecular complexity index is 1160. The zero-order valence-corrected chi connectivity index (χ0v) is 22.0. The average molecular weight is 578 g/mol. The summed E-state index contributed by atoms with van der Waals surface area (Å²) in [4.78, 5) is 27.2. The molecule has 2 aromatic carbocycles. The van der Waals surface area contributed by atoms with E-state index in [0.29, 0.717) is 15.9 Å². The van der Waals surface area contributed by atoms with Gasteiger partial charge in [-0.3, -0.25) is 13.9 Å². The van der Waals surface area contributed by atoms with Crippen LogP contribution in [0.5, 0.6) is 0 Å². The van der Waals surface area contributed by atoms with Crippen LogP contribution < -0.4 is 9.62 Å². The van der Waals surface area contributed by atoms with Crippen molar-refractivity contribution in [1.82, 2.24) is 10.2 Å². The van der Waals surface area contributed by atoms with Gasteiger partial charge < -0.3 is 10.2 Å². The molecular weight excluding hydrogens is 551 g/mol. The van der Waals surface area contributed by atoms with Gasteiger partial charge in [0.05, 0.1) is 17.5 Å². The second kappa shape index (κ2) is 11.4. The van der Waals surface area contributed by atoms with Gasteiger partial charge in [0.25, 0.3) is 0 Å². The van der Waals surface area contributed by atoms with Crippen LogP contribution in [0.15, 0.2) is 53.0 Å². The lowest BCUT2D eigenvalue weighted by molar-refractivity contribution is -0.139. The second-order valence-electron chi connectivity index (χ2n) is 8.31. The maximum atomic E-state index is 13.4. The molecule has 0 bridgehead atoms. The van der Waals surface area contributed by atoms with E-state index in [4.69, 9.17) is 0 Å². The number of rotatable bonds is 9. The fraction of sp³-hybridized carbons (Fsp3) is 0.391. The van der Waals surface area contributed by atoms with Gasteiger partial charge in [-0.2, -0.15) is 13.2 Å². The molecular formula is C23H27BrF3N3O4S. The van der Waals surface area contributed by atoms with Gasteiger partial charge in [0.2, 0.25) is 21.8 Å². The van der Waals surface area contributed by atoms with Gasteiger partial charge in [0.1, 0.15) is 12.6 Å². The Morgan fingerprint density at radius 3 is 2.17 bits per heavy atom. The molecule has 0 saturated heterocycles. The number of alkyl halides is 3. The van der Waals surface area contributed by atoms with Gasteiger partial charge in [-0.05, 0) is 56.7 Å². The quantitative estimate of drug-likeness (QED) is 0.484. The molecule has 0 aliphatic rings. The molecule has 0 aliphatic heterocycles. The Balaban J connectivity index is 2.43. The number of nitrogens with one attached hydrogen (secondary N) is 1. The monoisotopic (exact) mass is 577 g/mol. The summed E-state index contributed by atoms with van der Waals surface area (Å²) in [6, 6.07) is 9.52. The molecule has 0 fully saturated rings. The number of carbonyl (C=O) groups excluding carboxylic acids is 2. The number of anilines is 1. The summed E-state index contributed by atoms with van der Waals surface area (Å²) in [7, 11) is -4.14. The molecule has 2 rings (SSSR count). The summed E-state index contributed by atoms with van der Waals surface area (Å²) in [5, 5.41) is 2.71. The van der Waals surface area contributed by atoms with Gasteiger partial charge in [-0.25, -0.2) is 8.42 Å². The standard InChI is InChI=1S/C23H27BrF3N3O4S/c1-15(2)28-22(32)16(3)29(13-17-8-10-19(24)11-9-17)21(31)14-30(35(4,33)34)20-7-5-6-18(12-20)23(25,26)27/h5-12,15-16H,13-14H2,1-4H3,(H,28,32). The third-order valence-corrected chi connectivity index (χ3v) is 6.67. The minimum absolute atomic E-state index is 0.0149. The Labute approximate surface area is 211 Å². The molecule has 0 saturated carbocycles. The van der Waals surface area contributed by atoms with E-state index in [-0.39, 0.29) is 18.3 Å². The summed E-state index contributed by atoms with van der Waals surface area (Å²) in [6.07, 6.45) is -3.89. The van der Waals surface area contributed by atoms with E-state index in [2.05, 4.69) is 21.2 Å². The van der Waals surface area contributed by atoms with Crippen molar-refractivity contribution >= 4 is 43.5 Å². The Morgan fingerprint density at radius 1 is 1.06 bits per heavy atom. The molecule has 0 spiro atoms. The molecule has 1 atom stereocenters. The molecule has 0 heterocycles. The normalized spacial score (nSPS) is 12.8. The maximum Gasteiger partial charge on any atom is 0.416 e. The number of sulfonamides is 1. The Morgan fingerprint density at radius 2 is 1.66 bits per heavy atom. The van der Waals surface area contributed by atoms with Crippen LogP contribution in [0.25, 0.3) is 0 Å². The van der Waals surface area contributed by atoms with E-state index in [1.54, 1.807) is 38.1 Å². The lowest BCUT2D eigenvalue weighted by Crippen LogP contribution is -2.52. The van der Waals surface area contributed by atoms with E-state index in [0.717, 1.165) is 22.9 Å². The lowest BCUT2D eigenvalue weighted by Gasteiger charge is -2.32. The van der Waals surface area contributed by atoms with Crippen LogP contribution in [0.2, 0.25) is 0 Å². The van der Waals surface area contributed by atoms with Crippen LogP contribution in [-0.4, -0.2) is 50.0 Å². The van der Waals surface area contributed by atoms with Crippen molar-refractivity contribution in [3.63, 3.8) is 0 Å². The molecule has 2 aromatic rings. The number of benzene rings is 2. The molecule has 12 heteroatoms. The van der Waals surface area contributed by atoms with Gasteiger partial charge >= 0.3 is 6.18 Å². The summed E-state index contributed by atoms with van der Waals surface area (Å²) in [5.74, 6) is -1.20. The fourth-order valence-corrected chi connectivity index (χ4v) is 4.33. The van der Waals surface area contributed by atoms with Crippen LogP contribution in [0.4, 0.5) is 18.9 Å². The van der Waals surface area contributed by atoms with E-state index < -0.39 is 46.2 Å². The highest BCUT2D eigenvalue weighted by atomic mass is 79.9. The first-order valence-corrected chi connectivity index (χ1v) is 13.2. The molecule has 1 N–H and O–H groups in total. The van der Waals surface area contributed by atoms with Crippen molar-refractivity contribution in [2.75, 3.05) is 17.1 Å². The predicted molar refractivity (Wildman–Crippen MR) is 131 cm³/mol. The predicted octanol–water partition coefficient (Wildman–Crippen LogP) is 4.18. The third-order valence-electron chi connectivity index (χ3n) is 5.01. The van der Waals surface area contributed by atoms with Gasteiger partial charge in [0, 0.05) is 17.1 Å². The second-order valence-corrected chi connectivity index (χ2v) is 11.1. The van der Waals surface area contributed by atoms with E-state index in [1.165, 1.54) is 17.9 Å². The van der Waals surface area contributed by atoms with Crippen molar-refractivity contribution < 1.29 is 31.2 Å². The van der Waals surface area contributed by atoms with Crippen LogP contribution in [-0.2, 0) is 32.3 Å². The highest BCUT2D eigenvalue weighted by molar-refractivity contribution is 9.10. The van der Waals surface area contributed by atoms with Crippen LogP contribution >= 0.6 is 15.9 Å². The molecule has 1 unspecified atom stereocenters. The number of amides is 2. The summed E-state index contributed by atoms with van der Waals surface area (Å²) in [6.45, 7) is 4.22. The lowest BCUT2D eigenvalue weighted by atomic mass is 10.1. The Kier molecular flexibility index (Phi) is 9.35. The molecule has 0 radical (unpaired) electrons. The first-order valence-electron chi connectivity index (χ1n) is 10.6. The smallest absolute Gasteiger partial charge is 0.352 e.